The maximum Gasteiger partial charge on any atom is 0.356 e. The zero-order valence-electron chi connectivity index (χ0n) is 25.5. The van der Waals surface area contributed by atoms with Crippen LogP contribution in [-0.4, -0.2) is 30.8 Å². The molecule has 11 heteroatoms. The van der Waals surface area contributed by atoms with Crippen molar-refractivity contribution in [2.24, 2.45) is 17.8 Å². The average Bonchev–Trinajstić information content (AvgIpc) is 3.05. The molecule has 4 rings (SSSR count). The molecule has 3 aromatic carbocycles. The van der Waals surface area contributed by atoms with Gasteiger partial charge < -0.3 is 0 Å². The van der Waals surface area contributed by atoms with Crippen LogP contribution in [-0.2, 0) is 29.1 Å². The molecule has 0 aliphatic carbocycles. The molecule has 11 nitrogen and oxygen atoms in total. The summed E-state index contributed by atoms with van der Waals surface area (Å²) >= 11 is 0. The van der Waals surface area contributed by atoms with Crippen LogP contribution in [0.4, 0.5) is 0 Å². The lowest BCUT2D eigenvalue weighted by atomic mass is 9.81. The van der Waals surface area contributed by atoms with Crippen molar-refractivity contribution in [3.05, 3.63) is 139 Å². The molecule has 2 atom stereocenters. The number of benzene rings is 3. The van der Waals surface area contributed by atoms with E-state index in [1.165, 1.54) is 0 Å². The van der Waals surface area contributed by atoms with Crippen LogP contribution < -0.4 is 28.0 Å². The summed E-state index contributed by atoms with van der Waals surface area (Å²) in [6.07, 6.45) is 1.72. The predicted molar refractivity (Wildman–Crippen MR) is 170 cm³/mol. The lowest BCUT2D eigenvalue weighted by Crippen LogP contribution is -2.58. The summed E-state index contributed by atoms with van der Waals surface area (Å²) in [7, 11) is 0. The number of amides is 2. The second-order valence-electron chi connectivity index (χ2n) is 11.5. The van der Waals surface area contributed by atoms with E-state index in [9.17, 15) is 29.2 Å². The normalized spacial score (nSPS) is 12.4. The molecular formula is C34H39N5O6. The number of carbonyl (C=O) groups is 2. The van der Waals surface area contributed by atoms with E-state index in [1.807, 2.05) is 44.2 Å². The Bertz CT molecular complexity index is 1670. The van der Waals surface area contributed by atoms with Crippen molar-refractivity contribution in [2.75, 3.05) is 5.43 Å². The quantitative estimate of drug-likeness (QED) is 0.147. The smallest absolute Gasteiger partial charge is 0.289 e. The van der Waals surface area contributed by atoms with Crippen LogP contribution in [0.1, 0.15) is 49.8 Å². The van der Waals surface area contributed by atoms with Crippen molar-refractivity contribution >= 4 is 11.8 Å². The van der Waals surface area contributed by atoms with Gasteiger partial charge in [-0.2, -0.15) is 0 Å². The molecule has 0 radical (unpaired) electrons. The van der Waals surface area contributed by atoms with Crippen LogP contribution in [0, 0.1) is 17.8 Å². The summed E-state index contributed by atoms with van der Waals surface area (Å²) in [5.74, 6) is -3.45. The number of rotatable bonds is 14. The fourth-order valence-corrected chi connectivity index (χ4v) is 5.45. The van der Waals surface area contributed by atoms with Crippen LogP contribution in [0.3, 0.4) is 0 Å². The van der Waals surface area contributed by atoms with E-state index in [0.717, 1.165) is 14.7 Å². The van der Waals surface area contributed by atoms with Gasteiger partial charge in [-0.1, -0.05) is 105 Å². The highest BCUT2D eigenvalue weighted by Crippen LogP contribution is 2.26. The van der Waals surface area contributed by atoms with Crippen molar-refractivity contribution in [3.8, 4) is 0 Å². The van der Waals surface area contributed by atoms with Gasteiger partial charge in [0, 0.05) is 0 Å². The fourth-order valence-electron chi connectivity index (χ4n) is 5.45. The van der Waals surface area contributed by atoms with Gasteiger partial charge in [-0.25, -0.2) is 29.0 Å². The van der Waals surface area contributed by atoms with E-state index in [2.05, 4.69) is 5.43 Å². The molecule has 0 saturated heterocycles. The summed E-state index contributed by atoms with van der Waals surface area (Å²) < 4.78 is 2.34. The topological polar surface area (TPSA) is 144 Å². The maximum absolute atomic E-state index is 13.9. The standard InChI is InChI=1S/C34H39N5O6/c1-24(2)21-29(28(31(41)36-45)20-12-19-25-13-6-3-7-14-25)30(40)35-39-33(43)37(22-26-15-8-4-9-16-26)32(42)38(34(39)44)23-27-17-10-5-11-18-27/h3-11,13-18,24,28-29,45H,12,19-23H2,1-2H3,(H,35,40)(H,36,41)/t28-,29+/m0/s1. The van der Waals surface area contributed by atoms with Gasteiger partial charge in [-0.05, 0) is 48.3 Å². The second-order valence-corrected chi connectivity index (χ2v) is 11.5. The van der Waals surface area contributed by atoms with E-state index in [1.54, 1.807) is 66.1 Å². The molecule has 4 aromatic rings. The Kier molecular flexibility index (Phi) is 11.4. The summed E-state index contributed by atoms with van der Waals surface area (Å²) in [4.78, 5) is 67.7. The maximum atomic E-state index is 13.9. The van der Waals surface area contributed by atoms with Gasteiger partial charge in [0.05, 0.1) is 24.9 Å². The van der Waals surface area contributed by atoms with Gasteiger partial charge in [-0.3, -0.25) is 20.2 Å². The monoisotopic (exact) mass is 613 g/mol. The molecule has 45 heavy (non-hydrogen) atoms. The van der Waals surface area contributed by atoms with Gasteiger partial charge in [0.2, 0.25) is 11.8 Å². The fraction of sp³-hybridized carbons (Fsp3) is 0.324. The SMILES string of the molecule is CC(C)C[C@@H](C(=O)Nn1c(=O)n(Cc2ccccc2)c(=O)n(Cc2ccccc2)c1=O)[C@H](CCCc1ccccc1)C(=O)NO. The molecular weight excluding hydrogens is 574 g/mol. The number of nitrogens with one attached hydrogen (secondary N) is 2. The Morgan fingerprint density at radius 2 is 1.13 bits per heavy atom. The molecule has 0 aliphatic heterocycles. The van der Waals surface area contributed by atoms with Crippen LogP contribution in [0.2, 0.25) is 0 Å². The first kappa shape index (κ1) is 32.9. The van der Waals surface area contributed by atoms with Gasteiger partial charge in [-0.15, -0.1) is 4.68 Å². The van der Waals surface area contributed by atoms with E-state index < -0.39 is 40.7 Å². The van der Waals surface area contributed by atoms with Crippen molar-refractivity contribution in [3.63, 3.8) is 0 Å². The largest absolute Gasteiger partial charge is 0.356 e. The molecule has 236 valence electrons. The number of hydroxylamine groups is 1. The van der Waals surface area contributed by atoms with Crippen LogP contribution in [0.5, 0.6) is 0 Å². The zero-order chi connectivity index (χ0) is 32.3. The van der Waals surface area contributed by atoms with Gasteiger partial charge in [0.25, 0.3) is 0 Å². The van der Waals surface area contributed by atoms with Gasteiger partial charge in [0.15, 0.2) is 0 Å². The molecule has 0 aliphatic rings. The number of hydrogen-bond acceptors (Lipinski definition) is 6. The van der Waals surface area contributed by atoms with Crippen LogP contribution in [0.25, 0.3) is 0 Å². The highest BCUT2D eigenvalue weighted by molar-refractivity contribution is 5.91. The van der Waals surface area contributed by atoms with Crippen LogP contribution in [0.15, 0.2) is 105 Å². The molecule has 3 N–H and O–H groups in total. The summed E-state index contributed by atoms with van der Waals surface area (Å²) in [5.41, 5.74) is 3.65. The van der Waals surface area contributed by atoms with E-state index in [4.69, 9.17) is 0 Å². The minimum absolute atomic E-state index is 0.0395. The third-order valence-corrected chi connectivity index (χ3v) is 7.71. The van der Waals surface area contributed by atoms with Gasteiger partial charge in [0.1, 0.15) is 0 Å². The molecule has 0 bridgehead atoms. The summed E-state index contributed by atoms with van der Waals surface area (Å²) in [6, 6.07) is 27.3. The van der Waals surface area contributed by atoms with Crippen molar-refractivity contribution in [1.82, 2.24) is 19.3 Å². The molecule has 0 spiro atoms. The first-order valence-electron chi connectivity index (χ1n) is 15.0. The van der Waals surface area contributed by atoms with Crippen molar-refractivity contribution in [2.45, 2.75) is 52.6 Å². The Hall–Kier alpha value is -5.03. The third-order valence-electron chi connectivity index (χ3n) is 7.71. The first-order valence-corrected chi connectivity index (χ1v) is 15.0. The Balaban J connectivity index is 1.72. The first-order chi connectivity index (χ1) is 21.7. The zero-order valence-corrected chi connectivity index (χ0v) is 25.5. The molecule has 0 unspecified atom stereocenters. The number of hydrogen-bond donors (Lipinski definition) is 3. The number of aromatic nitrogens is 3. The van der Waals surface area contributed by atoms with Gasteiger partial charge >= 0.3 is 17.1 Å². The summed E-state index contributed by atoms with van der Waals surface area (Å²) in [5, 5.41) is 9.57. The molecule has 1 aromatic heterocycles. The minimum atomic E-state index is -1.01. The molecule has 1 heterocycles. The Morgan fingerprint density at radius 1 is 0.667 bits per heavy atom. The highest BCUT2D eigenvalue weighted by Gasteiger charge is 2.35. The lowest BCUT2D eigenvalue weighted by molar-refractivity contribution is -0.139. The second kappa shape index (κ2) is 15.6. The lowest BCUT2D eigenvalue weighted by Gasteiger charge is -2.26. The number of aryl methyl sites for hydroxylation is 1. The molecule has 2 amide bonds. The van der Waals surface area contributed by atoms with E-state index >= 15 is 0 Å². The highest BCUT2D eigenvalue weighted by atomic mass is 16.5. The van der Waals surface area contributed by atoms with Crippen molar-refractivity contribution < 1.29 is 14.8 Å². The van der Waals surface area contributed by atoms with Crippen LogP contribution >= 0.6 is 0 Å². The predicted octanol–water partition coefficient (Wildman–Crippen LogP) is 3.15. The Morgan fingerprint density at radius 3 is 1.58 bits per heavy atom. The summed E-state index contributed by atoms with van der Waals surface area (Å²) in [6.45, 7) is 3.51. The Labute approximate surface area is 260 Å². The third kappa shape index (κ3) is 8.54. The van der Waals surface area contributed by atoms with E-state index in [0.29, 0.717) is 28.6 Å². The number of nitrogens with zero attached hydrogens (tertiary/aromatic N) is 3. The molecule has 0 fully saturated rings. The average molecular weight is 614 g/mol. The van der Waals surface area contributed by atoms with Crippen molar-refractivity contribution in [1.29, 1.82) is 0 Å². The minimum Gasteiger partial charge on any atom is -0.289 e. The molecule has 0 saturated carbocycles. The van der Waals surface area contributed by atoms with E-state index in [-0.39, 0.29) is 31.8 Å². The number of carbonyl (C=O) groups excluding carboxylic acids is 2.